The van der Waals surface area contributed by atoms with Crippen LogP contribution in [-0.2, 0) is 11.3 Å². The Morgan fingerprint density at radius 3 is 2.67 bits per heavy atom. The Kier molecular flexibility index (Phi) is 4.99. The average molecular weight is 386 g/mol. The number of hydrogen-bond donors (Lipinski definition) is 0. The molecule has 3 rings (SSSR count). The molecular weight excluding hydrogens is 375 g/mol. The molecule has 1 heterocycles. The van der Waals surface area contributed by atoms with Crippen molar-refractivity contribution in [3.63, 3.8) is 0 Å². The van der Waals surface area contributed by atoms with Gasteiger partial charge in [0.05, 0.1) is 17.1 Å². The van der Waals surface area contributed by atoms with Gasteiger partial charge in [-0.25, -0.2) is 0 Å². The lowest BCUT2D eigenvalue weighted by atomic mass is 9.91. The van der Waals surface area contributed by atoms with Gasteiger partial charge in [0.2, 0.25) is 0 Å². The zero-order valence-electron chi connectivity index (χ0n) is 12.3. The maximum atomic E-state index is 12.8. The van der Waals surface area contributed by atoms with Crippen molar-refractivity contribution in [2.45, 2.75) is 25.8 Å². The van der Waals surface area contributed by atoms with Gasteiger partial charge in [-0.3, -0.25) is 9.59 Å². The zero-order valence-corrected chi connectivity index (χ0v) is 14.6. The van der Waals surface area contributed by atoms with Gasteiger partial charge >= 0.3 is 0 Å². The molecule has 1 aromatic carbocycles. The molecule has 9 heteroatoms. The molecule has 0 saturated carbocycles. The lowest BCUT2D eigenvalue weighted by molar-refractivity contribution is -0.115. The molecule has 124 valence electrons. The molecular formula is C15H11Cl3N4O2. The minimum Gasteiger partial charge on any atom is -0.294 e. The van der Waals surface area contributed by atoms with Crippen molar-refractivity contribution in [3.8, 4) is 0 Å². The van der Waals surface area contributed by atoms with Crippen LogP contribution in [0, 0.1) is 0 Å². The van der Waals surface area contributed by atoms with Crippen LogP contribution in [0.2, 0.25) is 10.0 Å². The van der Waals surface area contributed by atoms with Crippen molar-refractivity contribution in [1.82, 2.24) is 20.2 Å². The summed E-state index contributed by atoms with van der Waals surface area (Å²) >= 11 is 18.6. The van der Waals surface area contributed by atoms with E-state index in [2.05, 4.69) is 15.4 Å². The van der Waals surface area contributed by atoms with Crippen LogP contribution in [0.25, 0.3) is 0 Å². The van der Waals surface area contributed by atoms with Gasteiger partial charge in [-0.1, -0.05) is 34.8 Å². The van der Waals surface area contributed by atoms with Crippen molar-refractivity contribution in [3.05, 3.63) is 50.2 Å². The number of benzene rings is 1. The highest BCUT2D eigenvalue weighted by atomic mass is 35.5. The molecule has 2 aromatic rings. The summed E-state index contributed by atoms with van der Waals surface area (Å²) < 4.78 is 0. The Labute approximate surface area is 152 Å². The van der Waals surface area contributed by atoms with Crippen LogP contribution < -0.4 is 0 Å². The second-order valence-electron chi connectivity index (χ2n) is 5.24. The lowest BCUT2D eigenvalue weighted by Crippen LogP contribution is -2.19. The predicted molar refractivity (Wildman–Crippen MR) is 89.4 cm³/mol. The smallest absolute Gasteiger partial charge is 0.199 e. The number of tetrazole rings is 1. The number of allylic oxidation sites excluding steroid dienone is 2. The summed E-state index contributed by atoms with van der Waals surface area (Å²) in [6, 6.07) is 3.04. The number of nitrogens with zero attached hydrogens (tertiary/aromatic N) is 4. The fourth-order valence-electron chi connectivity index (χ4n) is 2.51. The Morgan fingerprint density at radius 1 is 1.21 bits per heavy atom. The van der Waals surface area contributed by atoms with Crippen molar-refractivity contribution in [2.75, 3.05) is 0 Å². The van der Waals surface area contributed by atoms with Crippen LogP contribution in [0.5, 0.6) is 0 Å². The highest BCUT2D eigenvalue weighted by Gasteiger charge is 2.28. The van der Waals surface area contributed by atoms with Crippen LogP contribution in [0.4, 0.5) is 0 Å². The number of hydrogen-bond acceptors (Lipinski definition) is 5. The van der Waals surface area contributed by atoms with E-state index in [9.17, 15) is 9.59 Å². The molecule has 0 aliphatic heterocycles. The van der Waals surface area contributed by atoms with E-state index in [0.717, 1.165) is 0 Å². The molecule has 0 atom stereocenters. The lowest BCUT2D eigenvalue weighted by Gasteiger charge is -2.16. The van der Waals surface area contributed by atoms with Gasteiger partial charge in [0.25, 0.3) is 0 Å². The molecule has 0 radical (unpaired) electrons. The van der Waals surface area contributed by atoms with E-state index in [1.807, 2.05) is 0 Å². The van der Waals surface area contributed by atoms with Crippen LogP contribution in [-0.4, -0.2) is 31.8 Å². The van der Waals surface area contributed by atoms with E-state index >= 15 is 0 Å². The molecule has 0 spiro atoms. The monoisotopic (exact) mass is 384 g/mol. The van der Waals surface area contributed by atoms with E-state index in [4.69, 9.17) is 34.8 Å². The molecule has 0 amide bonds. The first kappa shape index (κ1) is 17.1. The molecule has 1 aliphatic carbocycles. The first-order valence-corrected chi connectivity index (χ1v) is 8.26. The van der Waals surface area contributed by atoms with Crippen LogP contribution in [0.1, 0.15) is 35.2 Å². The molecule has 0 N–H and O–H groups in total. The summed E-state index contributed by atoms with van der Waals surface area (Å²) in [6.07, 6.45) is 2.74. The van der Waals surface area contributed by atoms with Crippen molar-refractivity contribution in [1.29, 1.82) is 0 Å². The van der Waals surface area contributed by atoms with Crippen LogP contribution in [0.15, 0.2) is 29.1 Å². The summed E-state index contributed by atoms with van der Waals surface area (Å²) in [5, 5.41) is 12.0. The molecule has 0 saturated heterocycles. The van der Waals surface area contributed by atoms with Crippen LogP contribution >= 0.6 is 34.8 Å². The first-order chi connectivity index (χ1) is 11.5. The van der Waals surface area contributed by atoms with Crippen molar-refractivity contribution < 1.29 is 9.59 Å². The Morgan fingerprint density at radius 2 is 2.00 bits per heavy atom. The minimum atomic E-state index is -0.487. The number of carbonyl (C=O) groups is 2. The van der Waals surface area contributed by atoms with E-state index < -0.39 is 5.78 Å². The third-order valence-electron chi connectivity index (χ3n) is 3.70. The number of rotatable bonds is 4. The Hall–Kier alpha value is -1.76. The number of aromatic nitrogens is 4. The zero-order chi connectivity index (χ0) is 17.3. The van der Waals surface area contributed by atoms with E-state index in [1.54, 1.807) is 6.07 Å². The molecule has 24 heavy (non-hydrogen) atoms. The highest BCUT2D eigenvalue weighted by Crippen LogP contribution is 2.33. The molecule has 1 aliphatic rings. The summed E-state index contributed by atoms with van der Waals surface area (Å²) in [5.74, 6) is -0.749. The number of carbonyl (C=O) groups excluding carboxylic acids is 2. The minimum absolute atomic E-state index is 0.0111. The normalized spacial score (nSPS) is 15.0. The van der Waals surface area contributed by atoms with Crippen molar-refractivity contribution >= 4 is 46.4 Å². The maximum Gasteiger partial charge on any atom is 0.199 e. The third kappa shape index (κ3) is 3.22. The van der Waals surface area contributed by atoms with Crippen LogP contribution in [0.3, 0.4) is 0 Å². The number of halogens is 3. The third-order valence-corrected chi connectivity index (χ3v) is 4.86. The fraction of sp³-hybridized carbons (Fsp3) is 0.267. The second kappa shape index (κ2) is 7.01. The van der Waals surface area contributed by atoms with Gasteiger partial charge in [-0.05, 0) is 30.2 Å². The molecule has 1 aromatic heterocycles. The maximum absolute atomic E-state index is 12.8. The number of Topliss-reactive ketones (excluding diaryl/α,β-unsaturated/α-hetero) is 2. The van der Waals surface area contributed by atoms with Gasteiger partial charge in [0.15, 0.2) is 17.9 Å². The SMILES string of the molecule is O=C1CCCC(Cl)=C1C(=O)c1ccc(Cl)c(Cn2ncnn2)c1Cl. The highest BCUT2D eigenvalue weighted by molar-refractivity contribution is 6.43. The van der Waals surface area contributed by atoms with E-state index in [0.29, 0.717) is 29.8 Å². The number of ketones is 2. The summed E-state index contributed by atoms with van der Waals surface area (Å²) in [6.45, 7) is 0.152. The van der Waals surface area contributed by atoms with E-state index in [1.165, 1.54) is 17.2 Å². The summed E-state index contributed by atoms with van der Waals surface area (Å²) in [4.78, 5) is 26.1. The van der Waals surface area contributed by atoms with Gasteiger partial charge in [-0.15, -0.1) is 10.2 Å². The largest absolute Gasteiger partial charge is 0.294 e. The molecule has 6 nitrogen and oxygen atoms in total. The van der Waals surface area contributed by atoms with Gasteiger partial charge in [-0.2, -0.15) is 4.80 Å². The first-order valence-electron chi connectivity index (χ1n) is 7.13. The molecule has 0 fully saturated rings. The van der Waals surface area contributed by atoms with Gasteiger partial charge < -0.3 is 0 Å². The fourth-order valence-corrected chi connectivity index (χ4v) is 3.41. The van der Waals surface area contributed by atoms with Gasteiger partial charge in [0.1, 0.15) is 0 Å². The second-order valence-corrected chi connectivity index (χ2v) is 6.48. The summed E-state index contributed by atoms with van der Waals surface area (Å²) in [5.41, 5.74) is 0.665. The average Bonchev–Trinajstić information content (AvgIpc) is 3.04. The van der Waals surface area contributed by atoms with Gasteiger partial charge in [0, 0.05) is 27.6 Å². The van der Waals surface area contributed by atoms with E-state index in [-0.39, 0.29) is 33.5 Å². The predicted octanol–water partition coefficient (Wildman–Crippen LogP) is 3.46. The Balaban J connectivity index is 2.03. The molecule has 0 bridgehead atoms. The molecule has 0 unspecified atom stereocenters. The summed E-state index contributed by atoms with van der Waals surface area (Å²) in [7, 11) is 0. The Bertz CT molecular complexity index is 847. The topological polar surface area (TPSA) is 77.7 Å². The van der Waals surface area contributed by atoms with Crippen molar-refractivity contribution in [2.24, 2.45) is 0 Å². The standard InChI is InChI=1S/C15H11Cl3N4O2/c16-10-5-4-8(14(18)9(10)6-22-20-7-19-21-22)15(24)13-11(17)2-1-3-12(13)23/h4-5,7H,1-3,6H2. The quantitative estimate of drug-likeness (QED) is 0.595.